The molecule has 1 aromatic heterocycles. The number of fused-ring (bicyclic) bond motifs is 1. The predicted octanol–water partition coefficient (Wildman–Crippen LogP) is 3.64. The molecule has 1 fully saturated rings. The van der Waals surface area contributed by atoms with E-state index in [4.69, 9.17) is 0 Å². The number of benzene rings is 2. The summed E-state index contributed by atoms with van der Waals surface area (Å²) >= 11 is 0. The monoisotopic (exact) mass is 401 g/mol. The van der Waals surface area contributed by atoms with Crippen LogP contribution in [0, 0.1) is 5.92 Å². The number of pyridine rings is 1. The lowest BCUT2D eigenvalue weighted by molar-refractivity contribution is -0.107. The second kappa shape index (κ2) is 9.50. The molecule has 1 unspecified atom stereocenters. The number of rotatable bonds is 6. The van der Waals surface area contributed by atoms with Crippen LogP contribution in [0.1, 0.15) is 18.4 Å². The number of aliphatic imine (C=N–C) groups is 1. The molecule has 2 heterocycles. The number of carbonyl (C=O) groups excluding carboxylic acids is 1. The van der Waals surface area contributed by atoms with Crippen LogP contribution in [0.25, 0.3) is 10.8 Å². The first kappa shape index (κ1) is 20.0. The Labute approximate surface area is 177 Å². The zero-order chi connectivity index (χ0) is 20.8. The Morgan fingerprint density at radius 3 is 2.90 bits per heavy atom. The molecule has 4 rings (SSSR count). The first-order valence-corrected chi connectivity index (χ1v) is 10.4. The number of nitrogens with zero attached hydrogens (tertiary/aromatic N) is 4. The fourth-order valence-electron chi connectivity index (χ4n) is 4.17. The van der Waals surface area contributed by atoms with Gasteiger partial charge < -0.3 is 0 Å². The number of amides is 1. The second-order valence-corrected chi connectivity index (χ2v) is 7.63. The summed E-state index contributed by atoms with van der Waals surface area (Å²) < 4.78 is 0. The fraction of sp³-hybridized carbons (Fsp3) is 0.292. The number of carbonyl (C=O) groups is 1. The molecular formula is C24H27N5O. The number of hydrogen-bond acceptors (Lipinski definition) is 4. The topological polar surface area (TPSA) is 60.8 Å². The minimum Gasteiger partial charge on any atom is -0.298 e. The van der Waals surface area contributed by atoms with Gasteiger partial charge in [0.1, 0.15) is 5.84 Å². The summed E-state index contributed by atoms with van der Waals surface area (Å²) in [4.78, 5) is 23.1. The lowest BCUT2D eigenvalue weighted by Gasteiger charge is -2.34. The second-order valence-electron chi connectivity index (χ2n) is 7.63. The molecule has 0 spiro atoms. The summed E-state index contributed by atoms with van der Waals surface area (Å²) in [6.07, 6.45) is 6.52. The fourth-order valence-corrected chi connectivity index (χ4v) is 4.17. The van der Waals surface area contributed by atoms with E-state index in [1.807, 2.05) is 30.3 Å². The molecule has 1 atom stereocenters. The zero-order valence-electron chi connectivity index (χ0n) is 17.2. The number of nitrogens with one attached hydrogen (secondary N) is 1. The Kier molecular flexibility index (Phi) is 6.35. The molecule has 154 valence electrons. The predicted molar refractivity (Wildman–Crippen MR) is 121 cm³/mol. The Bertz CT molecular complexity index is 1020. The number of hydrogen-bond donors (Lipinski definition) is 1. The maximum Gasteiger partial charge on any atom is 0.232 e. The van der Waals surface area contributed by atoms with Gasteiger partial charge in [0, 0.05) is 49.2 Å². The molecule has 1 amide bonds. The first-order valence-electron chi connectivity index (χ1n) is 10.4. The van der Waals surface area contributed by atoms with Crippen molar-refractivity contribution in [2.75, 3.05) is 25.1 Å². The van der Waals surface area contributed by atoms with Gasteiger partial charge in [-0.05, 0) is 37.1 Å². The number of amidine groups is 1. The Morgan fingerprint density at radius 1 is 1.23 bits per heavy atom. The highest BCUT2D eigenvalue weighted by atomic mass is 16.1. The van der Waals surface area contributed by atoms with Gasteiger partial charge in [-0.2, -0.15) is 0 Å². The van der Waals surface area contributed by atoms with E-state index in [2.05, 4.69) is 44.6 Å². The molecule has 0 aliphatic carbocycles. The van der Waals surface area contributed by atoms with Gasteiger partial charge in [0.2, 0.25) is 6.41 Å². The lowest BCUT2D eigenvalue weighted by Crippen LogP contribution is -2.49. The molecule has 1 N–H and O–H groups in total. The molecule has 1 saturated heterocycles. The Morgan fingerprint density at radius 2 is 2.10 bits per heavy atom. The molecule has 2 aromatic carbocycles. The largest absolute Gasteiger partial charge is 0.298 e. The third kappa shape index (κ3) is 4.49. The van der Waals surface area contributed by atoms with Crippen LogP contribution < -0.4 is 10.4 Å². The number of anilines is 1. The van der Waals surface area contributed by atoms with Gasteiger partial charge in [-0.1, -0.05) is 42.5 Å². The normalized spacial score (nSPS) is 17.6. The molecule has 6 heteroatoms. The van der Waals surface area contributed by atoms with E-state index in [1.54, 1.807) is 19.4 Å². The molecule has 6 nitrogen and oxygen atoms in total. The van der Waals surface area contributed by atoms with Crippen molar-refractivity contribution in [2.24, 2.45) is 10.9 Å². The minimum atomic E-state index is 0.256. The van der Waals surface area contributed by atoms with Crippen molar-refractivity contribution in [2.45, 2.75) is 19.4 Å². The quantitative estimate of drug-likeness (QED) is 0.296. The van der Waals surface area contributed by atoms with Crippen LogP contribution in [-0.4, -0.2) is 42.3 Å². The van der Waals surface area contributed by atoms with Crippen molar-refractivity contribution in [1.82, 2.24) is 15.3 Å². The highest BCUT2D eigenvalue weighted by Crippen LogP contribution is 2.25. The molecule has 30 heavy (non-hydrogen) atoms. The van der Waals surface area contributed by atoms with Crippen LogP contribution in [-0.2, 0) is 11.3 Å². The molecule has 3 aromatic rings. The van der Waals surface area contributed by atoms with Crippen molar-refractivity contribution in [1.29, 1.82) is 0 Å². The molecule has 0 bridgehead atoms. The Hall–Kier alpha value is -3.25. The van der Waals surface area contributed by atoms with Crippen LogP contribution in [0.3, 0.4) is 0 Å². The Balaban J connectivity index is 1.49. The van der Waals surface area contributed by atoms with Crippen molar-refractivity contribution in [3.63, 3.8) is 0 Å². The summed E-state index contributed by atoms with van der Waals surface area (Å²) in [5.74, 6) is 1.09. The summed E-state index contributed by atoms with van der Waals surface area (Å²) in [5, 5.41) is 3.49. The average Bonchev–Trinajstić information content (AvgIpc) is 2.80. The maximum atomic E-state index is 12.0. The maximum absolute atomic E-state index is 12.0. The summed E-state index contributed by atoms with van der Waals surface area (Å²) in [6, 6.07) is 18.3. The molecule has 0 radical (unpaired) electrons. The van der Waals surface area contributed by atoms with Gasteiger partial charge in [-0.3, -0.25) is 25.1 Å². The molecule has 1 aliphatic rings. The van der Waals surface area contributed by atoms with Gasteiger partial charge in [-0.15, -0.1) is 0 Å². The number of likely N-dealkylation sites (tertiary alicyclic amines) is 1. The molecule has 0 saturated carbocycles. The van der Waals surface area contributed by atoms with E-state index in [0.717, 1.165) is 61.2 Å². The third-order valence-corrected chi connectivity index (χ3v) is 5.64. The van der Waals surface area contributed by atoms with E-state index in [9.17, 15) is 4.79 Å². The molecular weight excluding hydrogens is 374 g/mol. The smallest absolute Gasteiger partial charge is 0.232 e. The standard InChI is InChI=1S/C24H27N5O/c1-25-24(21-10-6-14-28(17-21)16-19-7-3-2-4-8-19)27-29(18-30)23-11-5-9-20-15-26-13-12-22(20)23/h2-5,7-9,11-13,15,18,21H,6,10,14,16-17H2,1H3,(H,25,27). The van der Waals surface area contributed by atoms with E-state index < -0.39 is 0 Å². The number of piperidine rings is 1. The van der Waals surface area contributed by atoms with Crippen molar-refractivity contribution in [3.8, 4) is 0 Å². The van der Waals surface area contributed by atoms with Crippen LogP contribution in [0.15, 0.2) is 72.0 Å². The van der Waals surface area contributed by atoms with Gasteiger partial charge in [0.15, 0.2) is 0 Å². The van der Waals surface area contributed by atoms with E-state index in [0.29, 0.717) is 0 Å². The highest BCUT2D eigenvalue weighted by Gasteiger charge is 2.25. The van der Waals surface area contributed by atoms with Gasteiger partial charge in [0.05, 0.1) is 5.69 Å². The molecule has 1 aliphatic heterocycles. The van der Waals surface area contributed by atoms with Crippen molar-refractivity contribution < 1.29 is 4.79 Å². The number of hydrazine groups is 1. The van der Waals surface area contributed by atoms with Crippen LogP contribution in [0.2, 0.25) is 0 Å². The summed E-state index contributed by atoms with van der Waals surface area (Å²) in [5.41, 5.74) is 5.40. The highest BCUT2D eigenvalue weighted by molar-refractivity contribution is 6.00. The van der Waals surface area contributed by atoms with Gasteiger partial charge in [0.25, 0.3) is 0 Å². The third-order valence-electron chi connectivity index (χ3n) is 5.64. The number of aromatic nitrogens is 1. The zero-order valence-corrected chi connectivity index (χ0v) is 17.2. The summed E-state index contributed by atoms with van der Waals surface area (Å²) in [6.45, 7) is 2.93. The van der Waals surface area contributed by atoms with Crippen LogP contribution in [0.5, 0.6) is 0 Å². The SMILES string of the molecule is CN=C(NN(C=O)c1cccc2cnccc12)C1CCCN(Cc2ccccc2)C1. The van der Waals surface area contributed by atoms with Crippen LogP contribution >= 0.6 is 0 Å². The van der Waals surface area contributed by atoms with Crippen molar-refractivity contribution in [3.05, 3.63) is 72.6 Å². The van der Waals surface area contributed by atoms with E-state index in [-0.39, 0.29) is 5.92 Å². The van der Waals surface area contributed by atoms with Crippen molar-refractivity contribution >= 4 is 28.7 Å². The van der Waals surface area contributed by atoms with E-state index in [1.165, 1.54) is 10.6 Å². The average molecular weight is 402 g/mol. The lowest BCUT2D eigenvalue weighted by atomic mass is 9.96. The van der Waals surface area contributed by atoms with Gasteiger partial charge in [-0.25, -0.2) is 5.01 Å². The van der Waals surface area contributed by atoms with Gasteiger partial charge >= 0.3 is 0 Å². The first-order chi connectivity index (χ1) is 14.8. The van der Waals surface area contributed by atoms with Crippen LogP contribution in [0.4, 0.5) is 5.69 Å². The van der Waals surface area contributed by atoms with E-state index >= 15 is 0 Å². The summed E-state index contributed by atoms with van der Waals surface area (Å²) in [7, 11) is 1.79. The minimum absolute atomic E-state index is 0.256.